The van der Waals surface area contributed by atoms with Gasteiger partial charge in [-0.15, -0.1) is 0 Å². The Hall–Kier alpha value is -3.53. The number of aromatic carboxylic acids is 1. The van der Waals surface area contributed by atoms with Gasteiger partial charge in [0.25, 0.3) is 5.91 Å². The molecule has 2 aromatic carbocycles. The maximum atomic E-state index is 12.7. The minimum absolute atomic E-state index is 0.134. The Labute approximate surface area is 184 Å². The number of nitrogens with one attached hydrogen (secondary N) is 2. The second-order valence-corrected chi connectivity index (χ2v) is 7.21. The summed E-state index contributed by atoms with van der Waals surface area (Å²) in [7, 11) is 0. The topological polar surface area (TPSA) is 159 Å². The van der Waals surface area contributed by atoms with Crippen molar-refractivity contribution in [1.29, 1.82) is 0 Å². The zero-order valence-electron chi connectivity index (χ0n) is 16.4. The molecule has 0 aliphatic rings. The van der Waals surface area contributed by atoms with Crippen LogP contribution in [-0.2, 0) is 16.0 Å². The van der Waals surface area contributed by atoms with E-state index in [0.29, 0.717) is 0 Å². The number of nitrogens with two attached hydrogens (primary N) is 1. The highest BCUT2D eigenvalue weighted by Gasteiger charge is 2.26. The number of benzene rings is 2. The molecule has 0 radical (unpaired) electrons. The van der Waals surface area contributed by atoms with Crippen LogP contribution in [-0.4, -0.2) is 51.7 Å². The molecule has 0 aromatic heterocycles. The van der Waals surface area contributed by atoms with Crippen molar-refractivity contribution in [2.24, 2.45) is 5.73 Å². The third kappa shape index (κ3) is 7.03. The Morgan fingerprint density at radius 2 is 1.61 bits per heavy atom. The molecule has 2 rings (SSSR count). The van der Waals surface area contributed by atoms with Gasteiger partial charge in [0.05, 0.1) is 5.56 Å². The van der Waals surface area contributed by atoms with Gasteiger partial charge in [0.15, 0.2) is 0 Å². The normalized spacial score (nSPS) is 12.4. The van der Waals surface area contributed by atoms with Crippen molar-refractivity contribution in [3.8, 4) is 5.75 Å². The molecule has 6 N–H and O–H groups in total. The summed E-state index contributed by atoms with van der Waals surface area (Å²) in [6.45, 7) is 0. The van der Waals surface area contributed by atoms with Crippen LogP contribution in [0.3, 0.4) is 0 Å². The quantitative estimate of drug-likeness (QED) is 0.296. The zero-order valence-corrected chi connectivity index (χ0v) is 17.3. The first-order chi connectivity index (χ1) is 14.7. The maximum absolute atomic E-state index is 12.7. The molecule has 3 amide bonds. The Kier molecular flexibility index (Phi) is 8.44. The van der Waals surface area contributed by atoms with Crippen LogP contribution in [0.5, 0.6) is 5.75 Å². The Morgan fingerprint density at radius 3 is 2.19 bits per heavy atom. The molecule has 0 bridgehead atoms. The van der Waals surface area contributed by atoms with Gasteiger partial charge in [0.1, 0.15) is 17.8 Å². The van der Waals surface area contributed by atoms with Gasteiger partial charge in [0, 0.05) is 12.0 Å². The molecule has 0 saturated carbocycles. The smallest absolute Gasteiger partial charge is 0.335 e. The monoisotopic (exact) mass is 445 g/mol. The molecule has 164 valence electrons. The van der Waals surface area contributed by atoms with Crippen LogP contribution in [0.4, 0.5) is 0 Å². The number of amides is 3. The summed E-state index contributed by atoms with van der Waals surface area (Å²) in [6.07, 6.45) is 0.320. The van der Waals surface area contributed by atoms with Crippen molar-refractivity contribution in [2.75, 3.05) is 5.75 Å². The second kappa shape index (κ2) is 11.0. The molecule has 1 unspecified atom stereocenters. The first kappa shape index (κ1) is 23.7. The summed E-state index contributed by atoms with van der Waals surface area (Å²) in [5.41, 5.74) is 5.80. The lowest BCUT2D eigenvalue weighted by atomic mass is 10.0. The lowest BCUT2D eigenvalue weighted by molar-refractivity contribution is -0.128. The van der Waals surface area contributed by atoms with E-state index >= 15 is 0 Å². The van der Waals surface area contributed by atoms with E-state index in [-0.39, 0.29) is 29.7 Å². The number of rotatable bonds is 10. The molecule has 0 aliphatic heterocycles. The second-order valence-electron chi connectivity index (χ2n) is 6.77. The minimum Gasteiger partial charge on any atom is -0.508 e. The van der Waals surface area contributed by atoms with E-state index in [4.69, 9.17) is 10.8 Å². The summed E-state index contributed by atoms with van der Waals surface area (Å²) >= 11 is 4.09. The van der Waals surface area contributed by atoms with Crippen LogP contribution in [0.15, 0.2) is 48.5 Å². The first-order valence-electron chi connectivity index (χ1n) is 9.34. The fraction of sp³-hybridized carbons (Fsp3) is 0.238. The van der Waals surface area contributed by atoms with Gasteiger partial charge < -0.3 is 26.6 Å². The number of aromatic hydroxyl groups is 1. The number of phenols is 1. The summed E-state index contributed by atoms with van der Waals surface area (Å²) in [4.78, 5) is 48.3. The summed E-state index contributed by atoms with van der Waals surface area (Å²) in [6, 6.07) is 10.1. The fourth-order valence-corrected chi connectivity index (χ4v) is 3.11. The van der Waals surface area contributed by atoms with Crippen molar-refractivity contribution >= 4 is 36.3 Å². The van der Waals surface area contributed by atoms with Crippen LogP contribution >= 0.6 is 12.6 Å². The molecule has 0 aliphatic carbocycles. The van der Waals surface area contributed by atoms with Crippen molar-refractivity contribution < 1.29 is 29.4 Å². The van der Waals surface area contributed by atoms with Crippen molar-refractivity contribution in [1.82, 2.24) is 10.6 Å². The van der Waals surface area contributed by atoms with E-state index in [2.05, 4.69) is 23.3 Å². The number of carboxylic acids is 1. The Balaban J connectivity index is 2.14. The van der Waals surface area contributed by atoms with Crippen LogP contribution in [0.25, 0.3) is 0 Å². The zero-order chi connectivity index (χ0) is 23.0. The molecule has 2 atom stereocenters. The highest BCUT2D eigenvalue weighted by molar-refractivity contribution is 7.80. The van der Waals surface area contributed by atoms with Crippen LogP contribution in [0.2, 0.25) is 0 Å². The minimum atomic E-state index is -1.32. The predicted octanol–water partition coefficient (Wildman–Crippen LogP) is 0.721. The lowest BCUT2D eigenvalue weighted by Crippen LogP contribution is -2.53. The van der Waals surface area contributed by atoms with E-state index in [9.17, 15) is 24.3 Å². The van der Waals surface area contributed by atoms with Crippen molar-refractivity contribution in [3.63, 3.8) is 0 Å². The summed E-state index contributed by atoms with van der Waals surface area (Å²) < 4.78 is 0. The van der Waals surface area contributed by atoms with Gasteiger partial charge in [-0.3, -0.25) is 14.4 Å². The summed E-state index contributed by atoms with van der Waals surface area (Å²) in [5, 5.41) is 23.8. The van der Waals surface area contributed by atoms with Gasteiger partial charge in [0.2, 0.25) is 11.8 Å². The van der Waals surface area contributed by atoms with Gasteiger partial charge in [-0.2, -0.15) is 12.6 Å². The SMILES string of the molecule is NC(=O)[C@@H](Cc1ccccc1)NC(=O)C(CCS)NC(=O)c1cc(O)cc(C(=O)O)c1. The number of carbonyl (C=O) groups excluding carboxylic acids is 3. The Bertz CT molecular complexity index is 967. The van der Waals surface area contributed by atoms with Crippen molar-refractivity contribution in [2.45, 2.75) is 24.9 Å². The number of phenolic OH excluding ortho intramolecular Hbond substituents is 1. The standard InChI is InChI=1S/C21H23N3O6S/c22-18(26)17(8-12-4-2-1-3-5-12)24-20(28)16(6-7-31)23-19(27)13-9-14(21(29)30)11-15(25)10-13/h1-5,9-11,16-17,25,31H,6-8H2,(H2,22,26)(H,23,27)(H,24,28)(H,29,30)/t16?,17-/m1/s1. The molecule has 10 heteroatoms. The fourth-order valence-electron chi connectivity index (χ4n) is 2.85. The average molecular weight is 445 g/mol. The number of carbonyl (C=O) groups is 4. The molecular weight excluding hydrogens is 422 g/mol. The molecule has 31 heavy (non-hydrogen) atoms. The van der Waals surface area contributed by atoms with E-state index in [1.807, 2.05) is 6.07 Å². The number of hydrogen-bond acceptors (Lipinski definition) is 6. The molecule has 0 fully saturated rings. The highest BCUT2D eigenvalue weighted by atomic mass is 32.1. The first-order valence-corrected chi connectivity index (χ1v) is 9.97. The van der Waals surface area contributed by atoms with Gasteiger partial charge in [-0.05, 0) is 35.9 Å². The maximum Gasteiger partial charge on any atom is 0.335 e. The van der Waals surface area contributed by atoms with Crippen LogP contribution in [0, 0.1) is 0 Å². The predicted molar refractivity (Wildman–Crippen MR) is 116 cm³/mol. The number of carboxylic acid groups (broad SMARTS) is 1. The van der Waals surface area contributed by atoms with E-state index in [0.717, 1.165) is 23.8 Å². The molecule has 0 heterocycles. The molecule has 2 aromatic rings. The molecular formula is C21H23N3O6S. The third-order valence-electron chi connectivity index (χ3n) is 4.41. The third-order valence-corrected chi connectivity index (χ3v) is 4.67. The molecule has 0 spiro atoms. The summed E-state index contributed by atoms with van der Waals surface area (Å²) in [5.74, 6) is -3.61. The van der Waals surface area contributed by atoms with Crippen molar-refractivity contribution in [3.05, 3.63) is 65.2 Å². The Morgan fingerprint density at radius 1 is 0.968 bits per heavy atom. The van der Waals surface area contributed by atoms with E-state index < -0.39 is 41.5 Å². The van der Waals surface area contributed by atoms with Gasteiger partial charge in [-0.1, -0.05) is 30.3 Å². The van der Waals surface area contributed by atoms with Crippen LogP contribution in [0.1, 0.15) is 32.7 Å². The number of hydrogen-bond donors (Lipinski definition) is 6. The van der Waals surface area contributed by atoms with Gasteiger partial charge in [-0.25, -0.2) is 4.79 Å². The van der Waals surface area contributed by atoms with E-state index in [1.165, 1.54) is 0 Å². The van der Waals surface area contributed by atoms with Crippen LogP contribution < -0.4 is 16.4 Å². The highest BCUT2D eigenvalue weighted by Crippen LogP contribution is 2.16. The van der Waals surface area contributed by atoms with Gasteiger partial charge >= 0.3 is 5.97 Å². The molecule has 9 nitrogen and oxygen atoms in total. The average Bonchev–Trinajstić information content (AvgIpc) is 2.73. The lowest BCUT2D eigenvalue weighted by Gasteiger charge is -2.22. The largest absolute Gasteiger partial charge is 0.508 e. The van der Waals surface area contributed by atoms with E-state index in [1.54, 1.807) is 24.3 Å². The molecule has 0 saturated heterocycles. The number of primary amides is 1. The number of thiol groups is 1.